The summed E-state index contributed by atoms with van der Waals surface area (Å²) in [4.78, 5) is 0. The zero-order valence-electron chi connectivity index (χ0n) is 11.4. The highest BCUT2D eigenvalue weighted by Gasteiger charge is 2.23. The van der Waals surface area contributed by atoms with Crippen molar-refractivity contribution >= 4 is 27.5 Å². The minimum absolute atomic E-state index is 0.342. The van der Waals surface area contributed by atoms with Gasteiger partial charge in [0.15, 0.2) is 0 Å². The van der Waals surface area contributed by atoms with Crippen LogP contribution < -0.4 is 5.32 Å². The molecule has 1 nitrogen and oxygen atoms in total. The first kappa shape index (κ1) is 14.1. The van der Waals surface area contributed by atoms with Crippen molar-refractivity contribution in [3.05, 3.63) is 68.7 Å². The summed E-state index contributed by atoms with van der Waals surface area (Å²) in [5.74, 6) is 0. The van der Waals surface area contributed by atoms with Gasteiger partial charge in [0, 0.05) is 21.6 Å². The largest absolute Gasteiger partial charge is 0.303 e. The van der Waals surface area contributed by atoms with Gasteiger partial charge in [0.05, 0.1) is 0 Å². The van der Waals surface area contributed by atoms with E-state index in [2.05, 4.69) is 64.6 Å². The lowest BCUT2D eigenvalue weighted by molar-refractivity contribution is 0.465. The molecule has 3 heteroatoms. The standard InChI is InChI=1S/C17H17BrClN/c1-11(12-2-5-14(18)6-3-12)20-17-9-4-13-10-15(19)7-8-16(13)17/h2-3,5-8,10-11,17,20H,4,9H2,1H3/t11-,17?/m1/s1. The second-order valence-electron chi connectivity index (χ2n) is 5.37. The Kier molecular flexibility index (Phi) is 4.16. The van der Waals surface area contributed by atoms with Crippen molar-refractivity contribution in [1.82, 2.24) is 5.32 Å². The highest BCUT2D eigenvalue weighted by molar-refractivity contribution is 9.10. The van der Waals surface area contributed by atoms with Gasteiger partial charge in [-0.05, 0) is 60.7 Å². The second-order valence-corrected chi connectivity index (χ2v) is 6.73. The molecule has 3 rings (SSSR count). The van der Waals surface area contributed by atoms with Crippen molar-refractivity contribution in [2.75, 3.05) is 0 Å². The van der Waals surface area contributed by atoms with Gasteiger partial charge in [-0.1, -0.05) is 45.7 Å². The lowest BCUT2D eigenvalue weighted by Gasteiger charge is -2.21. The maximum atomic E-state index is 6.06. The molecule has 0 saturated heterocycles. The van der Waals surface area contributed by atoms with Crippen LogP contribution in [0.1, 0.15) is 42.1 Å². The van der Waals surface area contributed by atoms with Crippen LogP contribution in [0.3, 0.4) is 0 Å². The number of halogens is 2. The van der Waals surface area contributed by atoms with E-state index in [9.17, 15) is 0 Å². The molecule has 0 aliphatic heterocycles. The molecule has 0 spiro atoms. The van der Waals surface area contributed by atoms with Crippen molar-refractivity contribution in [2.45, 2.75) is 31.8 Å². The number of aryl methyl sites for hydroxylation is 1. The molecule has 1 aliphatic carbocycles. The van der Waals surface area contributed by atoms with Crippen LogP contribution in [0.2, 0.25) is 5.02 Å². The fourth-order valence-electron chi connectivity index (χ4n) is 2.91. The maximum absolute atomic E-state index is 6.06. The summed E-state index contributed by atoms with van der Waals surface area (Å²) in [6.45, 7) is 2.22. The van der Waals surface area contributed by atoms with Crippen molar-refractivity contribution in [3.63, 3.8) is 0 Å². The quantitative estimate of drug-likeness (QED) is 0.777. The average Bonchev–Trinajstić information content (AvgIpc) is 2.81. The van der Waals surface area contributed by atoms with E-state index in [-0.39, 0.29) is 0 Å². The lowest BCUT2D eigenvalue weighted by atomic mass is 10.0. The topological polar surface area (TPSA) is 12.0 Å². The Hall–Kier alpha value is -0.830. The molecule has 0 saturated carbocycles. The van der Waals surface area contributed by atoms with Crippen LogP contribution in [0, 0.1) is 0 Å². The Bertz CT molecular complexity index is 609. The first-order valence-electron chi connectivity index (χ1n) is 6.93. The zero-order valence-corrected chi connectivity index (χ0v) is 13.7. The second kappa shape index (κ2) is 5.88. The van der Waals surface area contributed by atoms with Gasteiger partial charge in [0.1, 0.15) is 0 Å². The van der Waals surface area contributed by atoms with Crippen LogP contribution in [0.5, 0.6) is 0 Å². The van der Waals surface area contributed by atoms with Crippen LogP contribution >= 0.6 is 27.5 Å². The summed E-state index contributed by atoms with van der Waals surface area (Å²) < 4.78 is 1.12. The molecule has 1 N–H and O–H groups in total. The van der Waals surface area contributed by atoms with E-state index in [0.717, 1.165) is 22.3 Å². The van der Waals surface area contributed by atoms with Gasteiger partial charge >= 0.3 is 0 Å². The normalized spacial score (nSPS) is 18.9. The summed E-state index contributed by atoms with van der Waals surface area (Å²) in [7, 11) is 0. The molecule has 104 valence electrons. The molecule has 20 heavy (non-hydrogen) atoms. The first-order chi connectivity index (χ1) is 9.63. The van der Waals surface area contributed by atoms with Gasteiger partial charge in [0.2, 0.25) is 0 Å². The minimum Gasteiger partial charge on any atom is -0.303 e. The Morgan fingerprint density at radius 2 is 1.95 bits per heavy atom. The highest BCUT2D eigenvalue weighted by Crippen LogP contribution is 2.34. The third kappa shape index (κ3) is 2.93. The number of fused-ring (bicyclic) bond motifs is 1. The minimum atomic E-state index is 0.342. The van der Waals surface area contributed by atoms with E-state index >= 15 is 0 Å². The van der Waals surface area contributed by atoms with Crippen molar-refractivity contribution < 1.29 is 0 Å². The molecule has 2 atom stereocenters. The van der Waals surface area contributed by atoms with Crippen molar-refractivity contribution in [1.29, 1.82) is 0 Å². The molecule has 0 aromatic heterocycles. The Morgan fingerprint density at radius 1 is 1.20 bits per heavy atom. The first-order valence-corrected chi connectivity index (χ1v) is 8.10. The number of nitrogens with one attached hydrogen (secondary N) is 1. The smallest absolute Gasteiger partial charge is 0.0408 e. The zero-order chi connectivity index (χ0) is 14.1. The number of hydrogen-bond acceptors (Lipinski definition) is 1. The SMILES string of the molecule is C[C@@H](NC1CCc2cc(Cl)ccc21)c1ccc(Br)cc1. The van der Waals surface area contributed by atoms with E-state index in [1.807, 2.05) is 6.07 Å². The fourth-order valence-corrected chi connectivity index (χ4v) is 3.37. The molecule has 2 aromatic rings. The van der Waals surface area contributed by atoms with Gasteiger partial charge in [-0.15, -0.1) is 0 Å². The molecule has 0 fully saturated rings. The molecular weight excluding hydrogens is 334 g/mol. The highest BCUT2D eigenvalue weighted by atomic mass is 79.9. The molecule has 1 aliphatic rings. The van der Waals surface area contributed by atoms with Gasteiger partial charge < -0.3 is 5.32 Å². The van der Waals surface area contributed by atoms with Gasteiger partial charge in [-0.3, -0.25) is 0 Å². The van der Waals surface area contributed by atoms with Crippen LogP contribution in [-0.4, -0.2) is 0 Å². The molecule has 0 amide bonds. The Morgan fingerprint density at radius 3 is 2.70 bits per heavy atom. The van der Waals surface area contributed by atoms with Crippen LogP contribution in [0.15, 0.2) is 46.9 Å². The Balaban J connectivity index is 1.75. The van der Waals surface area contributed by atoms with E-state index < -0.39 is 0 Å². The number of hydrogen-bond donors (Lipinski definition) is 1. The average molecular weight is 351 g/mol. The Labute approximate surface area is 133 Å². The summed E-state index contributed by atoms with van der Waals surface area (Å²) >= 11 is 9.54. The monoisotopic (exact) mass is 349 g/mol. The third-order valence-electron chi connectivity index (χ3n) is 4.00. The van der Waals surface area contributed by atoms with Crippen LogP contribution in [0.25, 0.3) is 0 Å². The molecule has 0 bridgehead atoms. The van der Waals surface area contributed by atoms with E-state index in [4.69, 9.17) is 11.6 Å². The maximum Gasteiger partial charge on any atom is 0.0408 e. The summed E-state index contributed by atoms with van der Waals surface area (Å²) in [6, 6.07) is 15.5. The van der Waals surface area contributed by atoms with Crippen molar-refractivity contribution in [2.24, 2.45) is 0 Å². The predicted molar refractivity (Wildman–Crippen MR) is 88.2 cm³/mol. The number of rotatable bonds is 3. The molecule has 2 aromatic carbocycles. The molecule has 0 radical (unpaired) electrons. The summed E-state index contributed by atoms with van der Waals surface area (Å²) in [5.41, 5.74) is 4.10. The molecule has 1 unspecified atom stereocenters. The molecular formula is C17H17BrClN. The van der Waals surface area contributed by atoms with Gasteiger partial charge in [-0.25, -0.2) is 0 Å². The van der Waals surface area contributed by atoms with E-state index in [1.54, 1.807) is 0 Å². The van der Waals surface area contributed by atoms with Crippen LogP contribution in [-0.2, 0) is 6.42 Å². The van der Waals surface area contributed by atoms with Gasteiger partial charge in [-0.2, -0.15) is 0 Å². The lowest BCUT2D eigenvalue weighted by Crippen LogP contribution is -2.22. The summed E-state index contributed by atoms with van der Waals surface area (Å²) in [5, 5.41) is 4.57. The van der Waals surface area contributed by atoms with E-state index in [0.29, 0.717) is 12.1 Å². The molecule has 0 heterocycles. The predicted octanol–water partition coefficient (Wildman–Crippen LogP) is 5.44. The van der Waals surface area contributed by atoms with Crippen LogP contribution in [0.4, 0.5) is 0 Å². The number of benzene rings is 2. The van der Waals surface area contributed by atoms with Gasteiger partial charge in [0.25, 0.3) is 0 Å². The summed E-state index contributed by atoms with van der Waals surface area (Å²) in [6.07, 6.45) is 2.26. The third-order valence-corrected chi connectivity index (χ3v) is 4.77. The van der Waals surface area contributed by atoms with E-state index in [1.165, 1.54) is 16.7 Å². The van der Waals surface area contributed by atoms with Crippen molar-refractivity contribution in [3.8, 4) is 0 Å². The fraction of sp³-hybridized carbons (Fsp3) is 0.294.